The van der Waals surface area contributed by atoms with E-state index in [0.717, 1.165) is 29.8 Å². The molecule has 0 bridgehead atoms. The molecule has 1 aromatic heterocycles. The molecule has 6 heteroatoms. The van der Waals surface area contributed by atoms with Crippen molar-refractivity contribution in [3.63, 3.8) is 0 Å². The summed E-state index contributed by atoms with van der Waals surface area (Å²) < 4.78 is 7.57. The first-order chi connectivity index (χ1) is 11.5. The van der Waals surface area contributed by atoms with Gasteiger partial charge >= 0.3 is 0 Å². The van der Waals surface area contributed by atoms with Crippen LogP contribution in [0.2, 0.25) is 0 Å². The number of likely N-dealkylation sites (N-methyl/N-ethyl adjacent to an activating group) is 1. The van der Waals surface area contributed by atoms with Gasteiger partial charge in [0.2, 0.25) is 5.91 Å². The molecule has 0 saturated carbocycles. The number of likely N-dealkylation sites (tertiary alicyclic amines) is 1. The number of aryl methyl sites for hydroxylation is 1. The third kappa shape index (κ3) is 2.91. The highest BCUT2D eigenvalue weighted by Crippen LogP contribution is 2.29. The summed E-state index contributed by atoms with van der Waals surface area (Å²) in [4.78, 5) is 19.3. The molecule has 1 saturated heterocycles. The summed E-state index contributed by atoms with van der Waals surface area (Å²) in [5.41, 5.74) is 1.59. The fraction of sp³-hybridized carbons (Fsp3) is 0.556. The second-order valence-corrected chi connectivity index (χ2v) is 6.77. The molecule has 2 unspecified atom stereocenters. The van der Waals surface area contributed by atoms with E-state index in [4.69, 9.17) is 4.74 Å². The summed E-state index contributed by atoms with van der Waals surface area (Å²) in [7, 11) is 3.68. The third-order valence-electron chi connectivity index (χ3n) is 5.23. The number of fused-ring (bicyclic) bond motifs is 1. The van der Waals surface area contributed by atoms with Crippen LogP contribution in [0.5, 0.6) is 0 Å². The molecular formula is C18H26N4O2. The Morgan fingerprint density at radius 2 is 2.21 bits per heavy atom. The number of ether oxygens (including phenoxy) is 1. The maximum Gasteiger partial charge on any atom is 0.240 e. The highest BCUT2D eigenvalue weighted by atomic mass is 16.5. The van der Waals surface area contributed by atoms with Crippen molar-refractivity contribution in [3.8, 4) is 0 Å². The molecule has 130 valence electrons. The summed E-state index contributed by atoms with van der Waals surface area (Å²) in [6, 6.07) is 8.07. The Morgan fingerprint density at radius 3 is 2.92 bits per heavy atom. The van der Waals surface area contributed by atoms with Gasteiger partial charge < -0.3 is 14.6 Å². The number of carbonyl (C=O) groups is 1. The number of hydrogen-bond donors (Lipinski definition) is 1. The van der Waals surface area contributed by atoms with Crippen LogP contribution < -0.4 is 5.32 Å². The van der Waals surface area contributed by atoms with E-state index < -0.39 is 5.54 Å². The van der Waals surface area contributed by atoms with Gasteiger partial charge in [-0.15, -0.1) is 0 Å². The summed E-state index contributed by atoms with van der Waals surface area (Å²) in [6.45, 7) is 6.06. The van der Waals surface area contributed by atoms with Crippen LogP contribution in [0.1, 0.15) is 19.2 Å². The number of nitrogens with zero attached hydrogens (tertiary/aromatic N) is 3. The van der Waals surface area contributed by atoms with Gasteiger partial charge in [0.05, 0.1) is 22.7 Å². The lowest BCUT2D eigenvalue weighted by Gasteiger charge is -2.30. The van der Waals surface area contributed by atoms with E-state index in [0.29, 0.717) is 13.1 Å². The quantitative estimate of drug-likeness (QED) is 0.904. The van der Waals surface area contributed by atoms with Gasteiger partial charge in [-0.1, -0.05) is 12.1 Å². The van der Waals surface area contributed by atoms with Gasteiger partial charge in [-0.25, -0.2) is 4.98 Å². The second kappa shape index (κ2) is 6.53. The molecular weight excluding hydrogens is 304 g/mol. The smallest absolute Gasteiger partial charge is 0.240 e. The van der Waals surface area contributed by atoms with Gasteiger partial charge in [-0.3, -0.25) is 9.69 Å². The van der Waals surface area contributed by atoms with Crippen LogP contribution >= 0.6 is 0 Å². The predicted molar refractivity (Wildman–Crippen MR) is 93.9 cm³/mol. The Hall–Kier alpha value is -1.92. The van der Waals surface area contributed by atoms with E-state index in [2.05, 4.69) is 25.8 Å². The normalized spacial score (nSPS) is 24.6. The topological polar surface area (TPSA) is 59.4 Å². The zero-order valence-electron chi connectivity index (χ0n) is 14.9. The van der Waals surface area contributed by atoms with Gasteiger partial charge in [0.15, 0.2) is 0 Å². The number of methoxy groups -OCH3 is 1. The Balaban J connectivity index is 1.64. The number of carbonyl (C=O) groups excluding carboxylic acids is 1. The average molecular weight is 330 g/mol. The van der Waals surface area contributed by atoms with Crippen LogP contribution in [-0.2, 0) is 16.1 Å². The zero-order valence-corrected chi connectivity index (χ0v) is 14.9. The van der Waals surface area contributed by atoms with Crippen molar-refractivity contribution >= 4 is 16.9 Å². The van der Waals surface area contributed by atoms with E-state index in [1.165, 1.54) is 0 Å². The van der Waals surface area contributed by atoms with E-state index in [-0.39, 0.29) is 12.0 Å². The molecule has 0 aliphatic carbocycles. The lowest BCUT2D eigenvalue weighted by atomic mass is 9.97. The number of nitrogens with one attached hydrogen (secondary N) is 1. The molecule has 2 atom stereocenters. The minimum Gasteiger partial charge on any atom is -0.380 e. The third-order valence-corrected chi connectivity index (χ3v) is 5.23. The first kappa shape index (κ1) is 16.9. The SMILES string of the molecule is COC1CN(C)C(C)(C(=O)NCCn2c(C)nc3ccccc32)C1. The number of imidazole rings is 1. The van der Waals surface area contributed by atoms with E-state index in [1.807, 2.05) is 39.1 Å². The van der Waals surface area contributed by atoms with Crippen LogP contribution in [0.15, 0.2) is 24.3 Å². The van der Waals surface area contributed by atoms with Crippen molar-refractivity contribution in [2.75, 3.05) is 27.2 Å². The molecule has 2 aromatic rings. The predicted octanol–water partition coefficient (Wildman–Crippen LogP) is 1.57. The van der Waals surface area contributed by atoms with Crippen molar-refractivity contribution in [2.24, 2.45) is 0 Å². The minimum atomic E-state index is -0.507. The van der Waals surface area contributed by atoms with Gasteiger partial charge in [0, 0.05) is 33.2 Å². The Kier molecular flexibility index (Phi) is 4.60. The van der Waals surface area contributed by atoms with Crippen molar-refractivity contribution in [1.29, 1.82) is 0 Å². The molecule has 3 rings (SSSR count). The van der Waals surface area contributed by atoms with Crippen LogP contribution in [-0.4, -0.2) is 59.2 Å². The number of hydrogen-bond acceptors (Lipinski definition) is 4. The van der Waals surface area contributed by atoms with E-state index in [9.17, 15) is 4.79 Å². The van der Waals surface area contributed by atoms with Crippen molar-refractivity contribution < 1.29 is 9.53 Å². The largest absolute Gasteiger partial charge is 0.380 e. The van der Waals surface area contributed by atoms with Gasteiger partial charge in [-0.05, 0) is 33.0 Å². The maximum absolute atomic E-state index is 12.7. The van der Waals surface area contributed by atoms with Gasteiger partial charge in [0.25, 0.3) is 0 Å². The molecule has 1 fully saturated rings. The van der Waals surface area contributed by atoms with E-state index in [1.54, 1.807) is 7.11 Å². The molecule has 24 heavy (non-hydrogen) atoms. The Morgan fingerprint density at radius 1 is 1.46 bits per heavy atom. The fourth-order valence-corrected chi connectivity index (χ4v) is 3.54. The highest BCUT2D eigenvalue weighted by molar-refractivity contribution is 5.86. The first-order valence-electron chi connectivity index (χ1n) is 8.40. The van der Waals surface area contributed by atoms with Crippen molar-refractivity contribution in [3.05, 3.63) is 30.1 Å². The van der Waals surface area contributed by atoms with E-state index >= 15 is 0 Å². The van der Waals surface area contributed by atoms with Crippen LogP contribution in [0.4, 0.5) is 0 Å². The van der Waals surface area contributed by atoms with Gasteiger partial charge in [-0.2, -0.15) is 0 Å². The Labute approximate surface area is 142 Å². The lowest BCUT2D eigenvalue weighted by molar-refractivity contribution is -0.130. The first-order valence-corrected chi connectivity index (χ1v) is 8.40. The Bertz CT molecular complexity index is 742. The fourth-order valence-electron chi connectivity index (χ4n) is 3.54. The molecule has 0 radical (unpaired) electrons. The zero-order chi connectivity index (χ0) is 17.3. The molecule has 1 aromatic carbocycles. The molecule has 1 aliphatic heterocycles. The molecule has 1 N–H and O–H groups in total. The number of amides is 1. The summed E-state index contributed by atoms with van der Waals surface area (Å²) >= 11 is 0. The average Bonchev–Trinajstić information content (AvgIpc) is 3.05. The van der Waals surface area contributed by atoms with Crippen molar-refractivity contribution in [1.82, 2.24) is 19.8 Å². The highest BCUT2D eigenvalue weighted by Gasteiger charge is 2.45. The number of rotatable bonds is 5. The van der Waals surface area contributed by atoms with Crippen LogP contribution in [0, 0.1) is 6.92 Å². The number of aromatic nitrogens is 2. The molecule has 6 nitrogen and oxygen atoms in total. The van der Waals surface area contributed by atoms with Crippen LogP contribution in [0.3, 0.4) is 0 Å². The standard InChI is InChI=1S/C18H26N4O2/c1-13-20-15-7-5-6-8-16(15)22(13)10-9-19-17(23)18(2)11-14(24-4)12-21(18)3/h5-8,14H,9-12H2,1-4H3,(H,19,23). The maximum atomic E-state index is 12.7. The monoisotopic (exact) mass is 330 g/mol. The molecule has 1 aliphatic rings. The van der Waals surface area contributed by atoms with Gasteiger partial charge in [0.1, 0.15) is 5.82 Å². The number of para-hydroxylation sites is 2. The summed E-state index contributed by atoms with van der Waals surface area (Å²) in [6.07, 6.45) is 0.837. The van der Waals surface area contributed by atoms with Crippen LogP contribution in [0.25, 0.3) is 11.0 Å². The van der Waals surface area contributed by atoms with Crippen molar-refractivity contribution in [2.45, 2.75) is 38.5 Å². The molecule has 0 spiro atoms. The summed E-state index contributed by atoms with van der Waals surface area (Å²) in [5, 5.41) is 3.09. The second-order valence-electron chi connectivity index (χ2n) is 6.77. The lowest BCUT2D eigenvalue weighted by Crippen LogP contribution is -2.52. The molecule has 1 amide bonds. The minimum absolute atomic E-state index is 0.0617. The molecule has 2 heterocycles. The number of benzene rings is 1. The summed E-state index contributed by atoms with van der Waals surface area (Å²) in [5.74, 6) is 1.03.